The van der Waals surface area contributed by atoms with Gasteiger partial charge in [0.2, 0.25) is 0 Å². The van der Waals surface area contributed by atoms with Crippen LogP contribution < -0.4 is 0 Å². The van der Waals surface area contributed by atoms with Crippen molar-refractivity contribution < 1.29 is 9.53 Å². The van der Waals surface area contributed by atoms with Crippen LogP contribution in [0.15, 0.2) is 61.2 Å². The second kappa shape index (κ2) is 9.13. The molecule has 5 rings (SSSR count). The van der Waals surface area contributed by atoms with E-state index < -0.39 is 0 Å². The highest BCUT2D eigenvalue weighted by atomic mass is 35.5. The Morgan fingerprint density at radius 3 is 2.55 bits per heavy atom. The number of morpholine rings is 1. The Balaban J connectivity index is 1.45. The molecule has 0 saturated carbocycles. The van der Waals surface area contributed by atoms with E-state index in [9.17, 15) is 4.79 Å². The van der Waals surface area contributed by atoms with E-state index in [0.29, 0.717) is 42.5 Å². The average Bonchev–Trinajstić information content (AvgIpc) is 3.55. The van der Waals surface area contributed by atoms with Crippen molar-refractivity contribution in [2.45, 2.75) is 19.4 Å². The molecule has 10 heteroatoms. The molecule has 4 aromatic rings. The van der Waals surface area contributed by atoms with Gasteiger partial charge in [-0.15, -0.1) is 0 Å². The molecule has 9 nitrogen and oxygen atoms in total. The summed E-state index contributed by atoms with van der Waals surface area (Å²) in [6.45, 7) is 3.31. The number of amides is 1. The Bertz CT molecular complexity index is 1260. The highest BCUT2D eigenvalue weighted by molar-refractivity contribution is 6.31. The molecule has 0 bridgehead atoms. The summed E-state index contributed by atoms with van der Waals surface area (Å²) in [7, 11) is 0. The minimum atomic E-state index is -0.134. The van der Waals surface area contributed by atoms with Gasteiger partial charge in [0.15, 0.2) is 0 Å². The van der Waals surface area contributed by atoms with Crippen molar-refractivity contribution in [3.63, 3.8) is 0 Å². The van der Waals surface area contributed by atoms with E-state index in [1.807, 2.05) is 42.2 Å². The number of hydrogen-bond acceptors (Lipinski definition) is 6. The van der Waals surface area contributed by atoms with Gasteiger partial charge in [-0.1, -0.05) is 23.7 Å². The summed E-state index contributed by atoms with van der Waals surface area (Å²) < 4.78 is 5.74. The number of aryl methyl sites for hydroxylation is 1. The predicted molar refractivity (Wildman–Crippen MR) is 122 cm³/mol. The lowest BCUT2D eigenvalue weighted by Gasteiger charge is -2.36. The lowest BCUT2D eigenvalue weighted by atomic mass is 10.0. The summed E-state index contributed by atoms with van der Waals surface area (Å²) in [5, 5.41) is 17.4. The molecule has 0 aliphatic carbocycles. The molecule has 1 amide bonds. The Kier molecular flexibility index (Phi) is 5.89. The molecular formula is C23H22ClN7O2. The minimum absolute atomic E-state index is 0.123. The van der Waals surface area contributed by atoms with Crippen molar-refractivity contribution in [3.05, 3.63) is 82.9 Å². The van der Waals surface area contributed by atoms with Crippen LogP contribution in [-0.4, -0.2) is 66.6 Å². The van der Waals surface area contributed by atoms with Crippen molar-refractivity contribution in [1.82, 2.24) is 34.9 Å². The summed E-state index contributed by atoms with van der Waals surface area (Å²) in [6, 6.07) is 11.4. The van der Waals surface area contributed by atoms with Gasteiger partial charge in [0, 0.05) is 11.6 Å². The zero-order chi connectivity index (χ0) is 22.8. The molecule has 3 heterocycles. The van der Waals surface area contributed by atoms with Gasteiger partial charge in [0.05, 0.1) is 61.0 Å². The van der Waals surface area contributed by atoms with Crippen molar-refractivity contribution >= 4 is 17.5 Å². The van der Waals surface area contributed by atoms with Gasteiger partial charge in [-0.25, -0.2) is 0 Å². The Morgan fingerprint density at radius 2 is 1.79 bits per heavy atom. The maximum atomic E-state index is 13.8. The molecule has 0 spiro atoms. The molecule has 1 atom stereocenters. The fourth-order valence-electron chi connectivity index (χ4n) is 4.02. The molecule has 1 saturated heterocycles. The molecule has 0 unspecified atom stereocenters. The first-order chi connectivity index (χ1) is 16.1. The summed E-state index contributed by atoms with van der Waals surface area (Å²) in [5.41, 5.74) is 3.84. The Hall–Kier alpha value is -3.56. The van der Waals surface area contributed by atoms with E-state index in [1.165, 1.54) is 4.80 Å². The van der Waals surface area contributed by atoms with Gasteiger partial charge < -0.3 is 9.64 Å². The normalized spacial score (nSPS) is 16.2. The lowest BCUT2D eigenvalue weighted by molar-refractivity contribution is -0.00165. The van der Waals surface area contributed by atoms with E-state index in [1.54, 1.807) is 35.7 Å². The van der Waals surface area contributed by atoms with E-state index in [0.717, 1.165) is 16.8 Å². The quantitative estimate of drug-likeness (QED) is 0.452. The Morgan fingerprint density at radius 1 is 1.06 bits per heavy atom. The number of carbonyl (C=O) groups is 1. The molecule has 0 N–H and O–H groups in total. The maximum Gasteiger partial charge on any atom is 0.256 e. The third kappa shape index (κ3) is 4.37. The summed E-state index contributed by atoms with van der Waals surface area (Å²) in [5.74, 6) is -0.123. The molecule has 1 aliphatic heterocycles. The second-order valence-corrected chi connectivity index (χ2v) is 8.26. The Labute approximate surface area is 195 Å². The number of halogens is 1. The highest BCUT2D eigenvalue weighted by Crippen LogP contribution is 2.26. The second-order valence-electron chi connectivity index (χ2n) is 7.86. The monoisotopic (exact) mass is 463 g/mol. The van der Waals surface area contributed by atoms with Crippen LogP contribution in [0.4, 0.5) is 0 Å². The molecule has 168 valence electrons. The molecule has 1 fully saturated rings. The molecule has 2 aromatic carbocycles. The van der Waals surface area contributed by atoms with Crippen LogP contribution in [0.1, 0.15) is 21.5 Å². The topological polar surface area (TPSA) is 91.0 Å². The maximum absolute atomic E-state index is 13.8. The predicted octanol–water partition coefficient (Wildman–Crippen LogP) is 2.89. The number of benzene rings is 2. The standard InChI is InChI=1S/C23H22ClN7O2/c1-16-11-22(31-27-7-8-28-31)20(14-21(16)24)23(32)29-9-10-33-15-19(29)13-17-3-2-4-18(12-17)30-25-5-6-26-30/h2-8,11-12,14,19H,9-10,13,15H2,1H3/t19-/m1/s1. The van der Waals surface area contributed by atoms with Gasteiger partial charge in [0.25, 0.3) is 5.91 Å². The number of ether oxygens (including phenoxy) is 1. The summed E-state index contributed by atoms with van der Waals surface area (Å²) in [6.07, 6.45) is 7.08. The zero-order valence-corrected chi connectivity index (χ0v) is 18.8. The zero-order valence-electron chi connectivity index (χ0n) is 18.0. The van der Waals surface area contributed by atoms with Crippen molar-refractivity contribution in [2.24, 2.45) is 0 Å². The van der Waals surface area contributed by atoms with Crippen LogP contribution in [0.25, 0.3) is 11.4 Å². The minimum Gasteiger partial charge on any atom is -0.377 e. The van der Waals surface area contributed by atoms with Gasteiger partial charge in [0.1, 0.15) is 0 Å². The highest BCUT2D eigenvalue weighted by Gasteiger charge is 2.30. The summed E-state index contributed by atoms with van der Waals surface area (Å²) in [4.78, 5) is 18.6. The first-order valence-corrected chi connectivity index (χ1v) is 11.0. The summed E-state index contributed by atoms with van der Waals surface area (Å²) >= 11 is 6.40. The van der Waals surface area contributed by atoms with Crippen molar-refractivity contribution in [2.75, 3.05) is 19.8 Å². The molecule has 2 aromatic heterocycles. The van der Waals surface area contributed by atoms with E-state index in [4.69, 9.17) is 16.3 Å². The van der Waals surface area contributed by atoms with Crippen LogP contribution >= 0.6 is 11.6 Å². The SMILES string of the molecule is Cc1cc(-n2nccn2)c(C(=O)N2CCOC[C@H]2Cc2cccc(-n3nccn3)c2)cc1Cl. The third-order valence-corrected chi connectivity index (χ3v) is 6.07. The number of aromatic nitrogens is 6. The van der Waals surface area contributed by atoms with Crippen LogP contribution in [-0.2, 0) is 11.2 Å². The lowest BCUT2D eigenvalue weighted by Crippen LogP contribution is -2.50. The number of carbonyl (C=O) groups excluding carboxylic acids is 1. The van der Waals surface area contributed by atoms with Crippen LogP contribution in [0.5, 0.6) is 0 Å². The first kappa shape index (κ1) is 21.3. The van der Waals surface area contributed by atoms with Crippen LogP contribution in [0.3, 0.4) is 0 Å². The van der Waals surface area contributed by atoms with Crippen LogP contribution in [0.2, 0.25) is 5.02 Å². The van der Waals surface area contributed by atoms with Gasteiger partial charge in [-0.2, -0.15) is 30.0 Å². The fraction of sp³-hybridized carbons (Fsp3) is 0.261. The third-order valence-electron chi connectivity index (χ3n) is 5.66. The smallest absolute Gasteiger partial charge is 0.256 e. The fourth-order valence-corrected chi connectivity index (χ4v) is 4.18. The number of nitrogens with zero attached hydrogens (tertiary/aromatic N) is 7. The molecule has 1 aliphatic rings. The number of hydrogen-bond donors (Lipinski definition) is 0. The van der Waals surface area contributed by atoms with Gasteiger partial charge in [-0.3, -0.25) is 4.79 Å². The number of rotatable bonds is 5. The van der Waals surface area contributed by atoms with Crippen LogP contribution in [0, 0.1) is 6.92 Å². The van der Waals surface area contributed by atoms with E-state index >= 15 is 0 Å². The average molecular weight is 464 g/mol. The molecule has 0 radical (unpaired) electrons. The van der Waals surface area contributed by atoms with Gasteiger partial charge in [-0.05, 0) is 48.7 Å². The van der Waals surface area contributed by atoms with E-state index in [-0.39, 0.29) is 11.9 Å². The van der Waals surface area contributed by atoms with Crippen molar-refractivity contribution in [3.8, 4) is 11.4 Å². The largest absolute Gasteiger partial charge is 0.377 e. The van der Waals surface area contributed by atoms with Gasteiger partial charge >= 0.3 is 0 Å². The first-order valence-electron chi connectivity index (χ1n) is 10.6. The molecular weight excluding hydrogens is 442 g/mol. The van der Waals surface area contributed by atoms with E-state index in [2.05, 4.69) is 20.4 Å². The van der Waals surface area contributed by atoms with Crippen molar-refractivity contribution in [1.29, 1.82) is 0 Å². The molecule has 33 heavy (non-hydrogen) atoms.